The van der Waals surface area contributed by atoms with E-state index in [1.54, 1.807) is 0 Å². The van der Waals surface area contributed by atoms with E-state index in [9.17, 15) is 0 Å². The van der Waals surface area contributed by atoms with E-state index in [0.717, 1.165) is 12.1 Å². The van der Waals surface area contributed by atoms with Gasteiger partial charge >= 0.3 is 0 Å². The number of nitrogens with zero attached hydrogens (tertiary/aromatic N) is 1. The van der Waals surface area contributed by atoms with E-state index in [2.05, 4.69) is 19.1 Å². The summed E-state index contributed by atoms with van der Waals surface area (Å²) in [6.45, 7) is 2.04. The molecule has 1 aromatic carbocycles. The zero-order valence-electron chi connectivity index (χ0n) is 9.35. The van der Waals surface area contributed by atoms with Crippen LogP contribution in [0.4, 0.5) is 5.69 Å². The maximum absolute atomic E-state index is 9.06. The van der Waals surface area contributed by atoms with E-state index in [4.69, 9.17) is 10.2 Å². The topological polar surface area (TPSA) is 43.7 Å². The highest BCUT2D eigenvalue weighted by molar-refractivity contribution is 5.47. The van der Waals surface area contributed by atoms with Crippen LogP contribution in [-0.2, 0) is 6.42 Å². The first-order valence-corrected chi connectivity index (χ1v) is 5.26. The number of aliphatic hydroxyl groups excluding tert-OH is 2. The van der Waals surface area contributed by atoms with Crippen molar-refractivity contribution in [2.75, 3.05) is 25.2 Å². The van der Waals surface area contributed by atoms with E-state index in [-0.39, 0.29) is 19.3 Å². The van der Waals surface area contributed by atoms with Crippen LogP contribution in [0.3, 0.4) is 0 Å². The molecule has 3 heteroatoms. The predicted octanol–water partition coefficient (Wildman–Crippen LogP) is 1.04. The van der Waals surface area contributed by atoms with Gasteiger partial charge in [0.2, 0.25) is 0 Å². The Morgan fingerprint density at radius 3 is 2.07 bits per heavy atom. The second-order valence-electron chi connectivity index (χ2n) is 3.65. The third-order valence-electron chi connectivity index (χ3n) is 2.72. The highest BCUT2D eigenvalue weighted by atomic mass is 16.3. The first-order valence-electron chi connectivity index (χ1n) is 5.26. The molecular formula is C12H19NO2. The van der Waals surface area contributed by atoms with Gasteiger partial charge in [0.25, 0.3) is 0 Å². The Hall–Kier alpha value is -1.06. The summed E-state index contributed by atoms with van der Waals surface area (Å²) in [6.07, 6.45) is 1.02. The average Bonchev–Trinajstić information content (AvgIpc) is 2.30. The van der Waals surface area contributed by atoms with Crippen molar-refractivity contribution in [3.8, 4) is 0 Å². The lowest BCUT2D eigenvalue weighted by Gasteiger charge is -2.27. The van der Waals surface area contributed by atoms with Gasteiger partial charge in [-0.05, 0) is 24.1 Å². The highest BCUT2D eigenvalue weighted by Gasteiger charge is 2.12. The summed E-state index contributed by atoms with van der Waals surface area (Å²) < 4.78 is 0. The number of benzene rings is 1. The fraction of sp³-hybridized carbons (Fsp3) is 0.500. The number of likely N-dealkylation sites (N-methyl/N-ethyl adjacent to an activating group) is 1. The molecule has 3 nitrogen and oxygen atoms in total. The van der Waals surface area contributed by atoms with Crippen molar-refractivity contribution in [3.63, 3.8) is 0 Å². The molecule has 0 aliphatic heterocycles. The van der Waals surface area contributed by atoms with E-state index in [1.807, 2.05) is 24.1 Å². The third kappa shape index (κ3) is 2.94. The first-order chi connectivity index (χ1) is 7.22. The van der Waals surface area contributed by atoms with Gasteiger partial charge in [-0.25, -0.2) is 0 Å². The zero-order valence-corrected chi connectivity index (χ0v) is 9.35. The van der Waals surface area contributed by atoms with Crippen molar-refractivity contribution < 1.29 is 10.2 Å². The number of rotatable bonds is 5. The molecule has 0 aliphatic rings. The van der Waals surface area contributed by atoms with Crippen LogP contribution < -0.4 is 4.90 Å². The Kier molecular flexibility index (Phi) is 4.59. The summed E-state index contributed by atoms with van der Waals surface area (Å²) >= 11 is 0. The smallest absolute Gasteiger partial charge is 0.0748 e. The van der Waals surface area contributed by atoms with Gasteiger partial charge in [-0.1, -0.05) is 19.1 Å². The Morgan fingerprint density at radius 2 is 1.67 bits per heavy atom. The summed E-state index contributed by atoms with van der Waals surface area (Å²) in [4.78, 5) is 1.89. The van der Waals surface area contributed by atoms with Gasteiger partial charge in [-0.15, -0.1) is 0 Å². The third-order valence-corrected chi connectivity index (χ3v) is 2.72. The van der Waals surface area contributed by atoms with Crippen LogP contribution in [0.2, 0.25) is 0 Å². The summed E-state index contributed by atoms with van der Waals surface area (Å²) in [7, 11) is 1.87. The summed E-state index contributed by atoms with van der Waals surface area (Å²) in [5.41, 5.74) is 2.30. The summed E-state index contributed by atoms with van der Waals surface area (Å²) in [5, 5.41) is 18.1. The fourth-order valence-electron chi connectivity index (χ4n) is 1.48. The fourth-order valence-corrected chi connectivity index (χ4v) is 1.48. The van der Waals surface area contributed by atoms with Gasteiger partial charge in [-0.3, -0.25) is 0 Å². The molecule has 0 amide bonds. The van der Waals surface area contributed by atoms with Crippen molar-refractivity contribution in [3.05, 3.63) is 29.8 Å². The van der Waals surface area contributed by atoms with Gasteiger partial charge < -0.3 is 15.1 Å². The number of anilines is 1. The van der Waals surface area contributed by atoms with Crippen LogP contribution in [0.1, 0.15) is 12.5 Å². The van der Waals surface area contributed by atoms with Crippen molar-refractivity contribution >= 4 is 5.69 Å². The van der Waals surface area contributed by atoms with Crippen molar-refractivity contribution in [1.82, 2.24) is 0 Å². The lowest BCUT2D eigenvalue weighted by Crippen LogP contribution is -2.37. The minimum absolute atomic E-state index is 0.0392. The quantitative estimate of drug-likeness (QED) is 0.761. The summed E-state index contributed by atoms with van der Waals surface area (Å²) in [5.74, 6) is 0. The molecule has 0 saturated heterocycles. The molecule has 0 radical (unpaired) electrons. The maximum Gasteiger partial charge on any atom is 0.0748 e. The van der Waals surface area contributed by atoms with Crippen LogP contribution in [0.25, 0.3) is 0 Å². The Balaban J connectivity index is 2.76. The molecule has 1 aromatic rings. The van der Waals surface area contributed by atoms with Gasteiger partial charge in [0.15, 0.2) is 0 Å². The Morgan fingerprint density at radius 1 is 1.13 bits per heavy atom. The van der Waals surface area contributed by atoms with E-state index in [0.29, 0.717) is 0 Å². The van der Waals surface area contributed by atoms with Crippen molar-refractivity contribution in [2.45, 2.75) is 19.4 Å². The molecule has 0 fully saturated rings. The normalized spacial score (nSPS) is 10.7. The maximum atomic E-state index is 9.06. The van der Waals surface area contributed by atoms with E-state index < -0.39 is 0 Å². The lowest BCUT2D eigenvalue weighted by molar-refractivity contribution is 0.191. The van der Waals surface area contributed by atoms with Crippen LogP contribution >= 0.6 is 0 Å². The van der Waals surface area contributed by atoms with Crippen molar-refractivity contribution in [2.24, 2.45) is 0 Å². The van der Waals surface area contributed by atoms with E-state index in [1.165, 1.54) is 5.56 Å². The number of aliphatic hydroxyl groups is 2. The predicted molar refractivity (Wildman–Crippen MR) is 62.2 cm³/mol. The minimum atomic E-state index is -0.225. The first kappa shape index (κ1) is 12.0. The zero-order chi connectivity index (χ0) is 11.3. The van der Waals surface area contributed by atoms with E-state index >= 15 is 0 Å². The van der Waals surface area contributed by atoms with Gasteiger partial charge in [-0.2, -0.15) is 0 Å². The molecule has 0 atom stereocenters. The standard InChI is InChI=1S/C12H19NO2/c1-3-10-4-6-11(7-5-10)13(2)12(8-14)9-15/h4-7,12,14-15H,3,8-9H2,1-2H3. The van der Waals surface area contributed by atoms with Crippen molar-refractivity contribution in [1.29, 1.82) is 0 Å². The number of hydrogen-bond donors (Lipinski definition) is 2. The summed E-state index contributed by atoms with van der Waals surface area (Å²) in [6, 6.07) is 7.93. The van der Waals surface area contributed by atoms with Crippen LogP contribution in [0.5, 0.6) is 0 Å². The molecule has 0 unspecified atom stereocenters. The SMILES string of the molecule is CCc1ccc(N(C)C(CO)CO)cc1. The molecule has 0 spiro atoms. The number of aryl methyl sites for hydroxylation is 1. The highest BCUT2D eigenvalue weighted by Crippen LogP contribution is 2.16. The van der Waals surface area contributed by atoms with Gasteiger partial charge in [0.1, 0.15) is 0 Å². The van der Waals surface area contributed by atoms with Gasteiger partial charge in [0.05, 0.1) is 19.3 Å². The second kappa shape index (κ2) is 5.73. The number of hydrogen-bond acceptors (Lipinski definition) is 3. The molecule has 15 heavy (non-hydrogen) atoms. The average molecular weight is 209 g/mol. The molecule has 84 valence electrons. The second-order valence-corrected chi connectivity index (χ2v) is 3.65. The molecule has 0 aliphatic carbocycles. The monoisotopic (exact) mass is 209 g/mol. The molecular weight excluding hydrogens is 190 g/mol. The van der Waals surface area contributed by atoms with Gasteiger partial charge in [0, 0.05) is 12.7 Å². The lowest BCUT2D eigenvalue weighted by atomic mass is 10.1. The molecule has 0 bridgehead atoms. The van der Waals surface area contributed by atoms with Crippen LogP contribution in [-0.4, -0.2) is 36.5 Å². The molecule has 0 aromatic heterocycles. The molecule has 0 saturated carbocycles. The Bertz CT molecular complexity index is 280. The molecule has 1 rings (SSSR count). The van der Waals surface area contributed by atoms with Crippen LogP contribution in [0.15, 0.2) is 24.3 Å². The van der Waals surface area contributed by atoms with Crippen LogP contribution in [0, 0.1) is 0 Å². The largest absolute Gasteiger partial charge is 0.394 e. The Labute approximate surface area is 91.0 Å². The molecule has 0 heterocycles. The minimum Gasteiger partial charge on any atom is -0.394 e. The molecule has 2 N–H and O–H groups in total.